The molecule has 0 saturated carbocycles. The third-order valence-corrected chi connectivity index (χ3v) is 4.83. The molecule has 0 atom stereocenters. The van der Waals surface area contributed by atoms with Gasteiger partial charge < -0.3 is 9.57 Å². The summed E-state index contributed by atoms with van der Waals surface area (Å²) >= 11 is 0. The number of para-hydroxylation sites is 1. The number of aryl methyl sites for hydroxylation is 1. The molecular weight excluding hydrogens is 409 g/mol. The molecule has 0 bridgehead atoms. The number of benzene rings is 2. The lowest BCUT2D eigenvalue weighted by Crippen LogP contribution is -2.30. The molecule has 29 heavy (non-hydrogen) atoms. The maximum absolute atomic E-state index is 12.7. The van der Waals surface area contributed by atoms with Crippen LogP contribution in [0.4, 0.5) is 18.9 Å². The Hall–Kier alpha value is -2.75. The average molecular weight is 430 g/mol. The van der Waals surface area contributed by atoms with Crippen molar-refractivity contribution in [3.05, 3.63) is 59.7 Å². The SMILES string of the molecule is CC/C(=N\OCCOc1ccccc1)c1cc(C)ccc1NS(=O)(=O)C(F)(F)F. The van der Waals surface area contributed by atoms with Gasteiger partial charge in [0.2, 0.25) is 0 Å². The van der Waals surface area contributed by atoms with Crippen molar-refractivity contribution in [1.82, 2.24) is 0 Å². The molecule has 0 saturated heterocycles. The number of hydrogen-bond donors (Lipinski definition) is 1. The fraction of sp³-hybridized carbons (Fsp3) is 0.316. The molecule has 6 nitrogen and oxygen atoms in total. The molecule has 2 rings (SSSR count). The van der Waals surface area contributed by atoms with E-state index in [4.69, 9.17) is 9.57 Å². The fourth-order valence-corrected chi connectivity index (χ4v) is 2.91. The minimum Gasteiger partial charge on any atom is -0.490 e. The summed E-state index contributed by atoms with van der Waals surface area (Å²) in [5, 5.41) is 3.96. The molecule has 1 N–H and O–H groups in total. The summed E-state index contributed by atoms with van der Waals surface area (Å²) in [5.41, 5.74) is -4.41. The summed E-state index contributed by atoms with van der Waals surface area (Å²) in [6, 6.07) is 13.4. The molecule has 0 fully saturated rings. The molecule has 0 radical (unpaired) electrons. The number of alkyl halides is 3. The molecule has 0 spiro atoms. The molecule has 0 aromatic heterocycles. The summed E-state index contributed by atoms with van der Waals surface area (Å²) in [6.07, 6.45) is 0.309. The number of nitrogens with zero attached hydrogens (tertiary/aromatic N) is 1. The van der Waals surface area contributed by atoms with Gasteiger partial charge in [-0.15, -0.1) is 0 Å². The maximum Gasteiger partial charge on any atom is 0.516 e. The molecule has 0 aliphatic heterocycles. The van der Waals surface area contributed by atoms with Crippen molar-refractivity contribution in [3.63, 3.8) is 0 Å². The van der Waals surface area contributed by atoms with Gasteiger partial charge in [-0.1, -0.05) is 41.9 Å². The Labute approximate surface area is 167 Å². The van der Waals surface area contributed by atoms with Gasteiger partial charge in [0.1, 0.15) is 12.4 Å². The molecule has 2 aromatic carbocycles. The first-order chi connectivity index (χ1) is 13.6. The molecule has 2 aromatic rings. The molecule has 10 heteroatoms. The number of halogens is 3. The first-order valence-corrected chi connectivity index (χ1v) is 10.2. The highest BCUT2D eigenvalue weighted by Crippen LogP contribution is 2.28. The first kappa shape index (κ1) is 22.5. The average Bonchev–Trinajstić information content (AvgIpc) is 2.66. The second kappa shape index (κ2) is 9.64. The third-order valence-electron chi connectivity index (χ3n) is 3.73. The predicted molar refractivity (Wildman–Crippen MR) is 104 cm³/mol. The zero-order chi connectivity index (χ0) is 21.5. The summed E-state index contributed by atoms with van der Waals surface area (Å²) in [5.74, 6) is 0.665. The van der Waals surface area contributed by atoms with Crippen molar-refractivity contribution in [2.75, 3.05) is 17.9 Å². The van der Waals surface area contributed by atoms with Crippen molar-refractivity contribution in [1.29, 1.82) is 0 Å². The van der Waals surface area contributed by atoms with Crippen LogP contribution in [0.15, 0.2) is 53.7 Å². The number of rotatable bonds is 9. The molecule has 0 heterocycles. The highest BCUT2D eigenvalue weighted by atomic mass is 32.2. The Balaban J connectivity index is 2.13. The molecule has 0 aliphatic carbocycles. The lowest BCUT2D eigenvalue weighted by atomic mass is 10.0. The van der Waals surface area contributed by atoms with Gasteiger partial charge in [-0.2, -0.15) is 21.6 Å². The van der Waals surface area contributed by atoms with Crippen molar-refractivity contribution in [3.8, 4) is 5.75 Å². The fourth-order valence-electron chi connectivity index (χ4n) is 2.33. The Morgan fingerprint density at radius 2 is 1.79 bits per heavy atom. The van der Waals surface area contributed by atoms with Gasteiger partial charge >= 0.3 is 15.5 Å². The summed E-state index contributed by atoms with van der Waals surface area (Å²) < 4.78 is 68.2. The largest absolute Gasteiger partial charge is 0.516 e. The van der Waals surface area contributed by atoms with Crippen LogP contribution in [0, 0.1) is 6.92 Å². The molecule has 0 unspecified atom stereocenters. The van der Waals surface area contributed by atoms with Crippen LogP contribution in [-0.2, 0) is 14.9 Å². The number of ether oxygens (including phenoxy) is 1. The standard InChI is InChI=1S/C19H21F3N2O4S/c1-3-17(23-28-12-11-27-15-7-5-4-6-8-15)16-13-14(2)9-10-18(16)24-29(25,26)19(20,21)22/h4-10,13,24H,3,11-12H2,1-2H3/b23-17+. The van der Waals surface area contributed by atoms with Crippen molar-refractivity contribution < 1.29 is 31.2 Å². The van der Waals surface area contributed by atoms with Crippen LogP contribution in [0.5, 0.6) is 5.75 Å². The number of oxime groups is 1. The topological polar surface area (TPSA) is 77.0 Å². The highest BCUT2D eigenvalue weighted by Gasteiger charge is 2.46. The Morgan fingerprint density at radius 1 is 1.10 bits per heavy atom. The zero-order valence-electron chi connectivity index (χ0n) is 15.9. The minimum atomic E-state index is -5.55. The van der Waals surface area contributed by atoms with Crippen molar-refractivity contribution in [2.45, 2.75) is 25.8 Å². The van der Waals surface area contributed by atoms with E-state index >= 15 is 0 Å². The van der Waals surface area contributed by atoms with Crippen LogP contribution in [0.2, 0.25) is 0 Å². The predicted octanol–water partition coefficient (Wildman–Crippen LogP) is 4.47. The van der Waals surface area contributed by atoms with Crippen LogP contribution in [0.3, 0.4) is 0 Å². The van der Waals surface area contributed by atoms with E-state index in [1.807, 2.05) is 18.2 Å². The maximum atomic E-state index is 12.7. The van der Waals surface area contributed by atoms with Gasteiger partial charge in [-0.25, -0.2) is 0 Å². The molecule has 158 valence electrons. The van der Waals surface area contributed by atoms with Crippen LogP contribution in [0.25, 0.3) is 0 Å². The lowest BCUT2D eigenvalue weighted by molar-refractivity contribution is -0.0429. The van der Waals surface area contributed by atoms with Crippen molar-refractivity contribution >= 4 is 21.4 Å². The second-order valence-corrected chi connectivity index (χ2v) is 7.66. The number of hydrogen-bond acceptors (Lipinski definition) is 5. The number of anilines is 1. The molecular formula is C19H21F3N2O4S. The third kappa shape index (κ3) is 6.38. The minimum absolute atomic E-state index is 0.105. The Kier molecular flexibility index (Phi) is 7.49. The quantitative estimate of drug-likeness (QED) is 0.362. The van der Waals surface area contributed by atoms with Gasteiger partial charge in [0.05, 0.1) is 11.4 Å². The van der Waals surface area contributed by atoms with E-state index in [9.17, 15) is 21.6 Å². The van der Waals surface area contributed by atoms with E-state index in [1.165, 1.54) is 12.1 Å². The van der Waals surface area contributed by atoms with Gasteiger partial charge in [0, 0.05) is 5.56 Å². The Morgan fingerprint density at radius 3 is 2.41 bits per heavy atom. The summed E-state index contributed by atoms with van der Waals surface area (Å²) in [7, 11) is -5.55. The smallest absolute Gasteiger partial charge is 0.490 e. The van der Waals surface area contributed by atoms with Crippen LogP contribution < -0.4 is 9.46 Å². The van der Waals surface area contributed by atoms with E-state index in [0.717, 1.165) is 5.56 Å². The van der Waals surface area contributed by atoms with E-state index in [-0.39, 0.29) is 24.5 Å². The normalized spacial score (nSPS) is 12.5. The van der Waals surface area contributed by atoms with Crippen molar-refractivity contribution in [2.24, 2.45) is 5.16 Å². The number of sulfonamides is 1. The molecule has 0 aliphatic rings. The summed E-state index contributed by atoms with van der Waals surface area (Å²) in [6.45, 7) is 3.78. The van der Waals surface area contributed by atoms with E-state index in [2.05, 4.69) is 5.16 Å². The monoisotopic (exact) mass is 430 g/mol. The van der Waals surface area contributed by atoms with Crippen LogP contribution >= 0.6 is 0 Å². The van der Waals surface area contributed by atoms with E-state index in [1.54, 1.807) is 36.8 Å². The van der Waals surface area contributed by atoms with E-state index in [0.29, 0.717) is 17.9 Å². The van der Waals surface area contributed by atoms with E-state index < -0.39 is 15.5 Å². The lowest BCUT2D eigenvalue weighted by Gasteiger charge is -2.15. The molecule has 0 amide bonds. The Bertz CT molecular complexity index is 946. The van der Waals surface area contributed by atoms with Gasteiger partial charge in [0.25, 0.3) is 0 Å². The number of nitrogens with one attached hydrogen (secondary N) is 1. The zero-order valence-corrected chi connectivity index (χ0v) is 16.7. The highest BCUT2D eigenvalue weighted by molar-refractivity contribution is 7.93. The summed E-state index contributed by atoms with van der Waals surface area (Å²) in [4.78, 5) is 5.22. The van der Waals surface area contributed by atoms with Gasteiger partial charge in [0.15, 0.2) is 6.61 Å². The van der Waals surface area contributed by atoms with Gasteiger partial charge in [-0.05, 0) is 37.6 Å². The first-order valence-electron chi connectivity index (χ1n) is 8.71. The second-order valence-electron chi connectivity index (χ2n) is 5.99. The van der Waals surface area contributed by atoms with Gasteiger partial charge in [-0.3, -0.25) is 4.72 Å². The van der Waals surface area contributed by atoms with Crippen LogP contribution in [-0.4, -0.2) is 32.9 Å². The van der Waals surface area contributed by atoms with Crippen LogP contribution in [0.1, 0.15) is 24.5 Å².